The van der Waals surface area contributed by atoms with E-state index in [1.807, 2.05) is 19.1 Å². The van der Waals surface area contributed by atoms with Crippen LogP contribution in [-0.2, 0) is 6.42 Å². The molecule has 0 saturated heterocycles. The van der Waals surface area contributed by atoms with Gasteiger partial charge in [0, 0.05) is 12.1 Å². The molecule has 21 heavy (non-hydrogen) atoms. The van der Waals surface area contributed by atoms with Crippen LogP contribution in [0.25, 0.3) is 0 Å². The first kappa shape index (κ1) is 14.8. The maximum absolute atomic E-state index is 11.9. The van der Waals surface area contributed by atoms with E-state index in [0.29, 0.717) is 24.1 Å². The number of hydrogen-bond donors (Lipinski definition) is 2. The third-order valence-corrected chi connectivity index (χ3v) is 3.24. The Balaban J connectivity index is 1.94. The average Bonchev–Trinajstić information content (AvgIpc) is 2.48. The third kappa shape index (κ3) is 3.92. The summed E-state index contributed by atoms with van der Waals surface area (Å²) in [7, 11) is 0. The molecule has 0 heterocycles. The van der Waals surface area contributed by atoms with Crippen LogP contribution in [0.5, 0.6) is 0 Å². The Bertz CT molecular complexity index is 647. The predicted octanol–water partition coefficient (Wildman–Crippen LogP) is 2.67. The molecule has 0 saturated carbocycles. The number of amides is 1. The second kappa shape index (κ2) is 6.70. The SMILES string of the molecule is Cc1ccc(C(=O)NCCc2ccccc2C(=O)O)cc1. The number of rotatable bonds is 5. The second-order valence-corrected chi connectivity index (χ2v) is 4.83. The minimum Gasteiger partial charge on any atom is -0.478 e. The highest BCUT2D eigenvalue weighted by molar-refractivity contribution is 5.94. The zero-order valence-corrected chi connectivity index (χ0v) is 11.8. The molecule has 0 radical (unpaired) electrons. The van der Waals surface area contributed by atoms with E-state index in [-0.39, 0.29) is 11.5 Å². The van der Waals surface area contributed by atoms with E-state index in [0.717, 1.165) is 5.56 Å². The van der Waals surface area contributed by atoms with E-state index in [4.69, 9.17) is 5.11 Å². The number of nitrogens with one attached hydrogen (secondary N) is 1. The molecular formula is C17H17NO3. The fourth-order valence-electron chi connectivity index (χ4n) is 2.06. The monoisotopic (exact) mass is 283 g/mol. The molecule has 0 unspecified atom stereocenters. The number of hydrogen-bond acceptors (Lipinski definition) is 2. The predicted molar refractivity (Wildman–Crippen MR) is 80.6 cm³/mol. The van der Waals surface area contributed by atoms with Crippen molar-refractivity contribution in [2.24, 2.45) is 0 Å². The first-order valence-electron chi connectivity index (χ1n) is 6.74. The zero-order valence-electron chi connectivity index (χ0n) is 11.8. The Morgan fingerprint density at radius 1 is 1.05 bits per heavy atom. The lowest BCUT2D eigenvalue weighted by Crippen LogP contribution is -2.26. The molecule has 0 bridgehead atoms. The minimum absolute atomic E-state index is 0.150. The van der Waals surface area contributed by atoms with E-state index in [1.165, 1.54) is 0 Å². The highest BCUT2D eigenvalue weighted by Crippen LogP contribution is 2.09. The van der Waals surface area contributed by atoms with Gasteiger partial charge in [-0.1, -0.05) is 35.9 Å². The molecule has 108 valence electrons. The largest absolute Gasteiger partial charge is 0.478 e. The van der Waals surface area contributed by atoms with Crippen molar-refractivity contribution in [1.29, 1.82) is 0 Å². The Labute approximate surface area is 123 Å². The van der Waals surface area contributed by atoms with Crippen LogP contribution in [-0.4, -0.2) is 23.5 Å². The molecule has 0 atom stereocenters. The normalized spacial score (nSPS) is 10.1. The standard InChI is InChI=1S/C17H17NO3/c1-12-6-8-14(9-7-12)16(19)18-11-10-13-4-2-3-5-15(13)17(20)21/h2-9H,10-11H2,1H3,(H,18,19)(H,20,21). The van der Waals surface area contributed by atoms with Gasteiger partial charge in [0.2, 0.25) is 0 Å². The summed E-state index contributed by atoms with van der Waals surface area (Å²) < 4.78 is 0. The van der Waals surface area contributed by atoms with Gasteiger partial charge in [0.1, 0.15) is 0 Å². The number of benzene rings is 2. The molecule has 2 rings (SSSR count). The summed E-state index contributed by atoms with van der Waals surface area (Å²) >= 11 is 0. The molecule has 1 amide bonds. The zero-order chi connectivity index (χ0) is 15.2. The van der Waals surface area contributed by atoms with Crippen LogP contribution in [0.4, 0.5) is 0 Å². The molecule has 2 aromatic carbocycles. The van der Waals surface area contributed by atoms with Crippen LogP contribution in [0.2, 0.25) is 0 Å². The van der Waals surface area contributed by atoms with Gasteiger partial charge in [0.05, 0.1) is 5.56 Å². The van der Waals surface area contributed by atoms with E-state index in [9.17, 15) is 9.59 Å². The van der Waals surface area contributed by atoms with Crippen molar-refractivity contribution >= 4 is 11.9 Å². The first-order valence-corrected chi connectivity index (χ1v) is 6.74. The minimum atomic E-state index is -0.949. The molecule has 0 spiro atoms. The highest BCUT2D eigenvalue weighted by atomic mass is 16.4. The lowest BCUT2D eigenvalue weighted by atomic mass is 10.0. The van der Waals surface area contributed by atoms with Crippen LogP contribution in [0, 0.1) is 6.92 Å². The van der Waals surface area contributed by atoms with E-state index in [2.05, 4.69) is 5.32 Å². The van der Waals surface area contributed by atoms with Gasteiger partial charge >= 0.3 is 5.97 Å². The molecular weight excluding hydrogens is 266 g/mol. The summed E-state index contributed by atoms with van der Waals surface area (Å²) in [5, 5.41) is 11.9. The number of carboxylic acid groups (broad SMARTS) is 1. The number of carbonyl (C=O) groups excluding carboxylic acids is 1. The summed E-state index contributed by atoms with van der Waals surface area (Å²) in [5.74, 6) is -1.10. The van der Waals surface area contributed by atoms with Crippen LogP contribution >= 0.6 is 0 Å². The topological polar surface area (TPSA) is 66.4 Å². The van der Waals surface area contributed by atoms with Gasteiger partial charge in [-0.05, 0) is 37.1 Å². The lowest BCUT2D eigenvalue weighted by Gasteiger charge is -2.08. The highest BCUT2D eigenvalue weighted by Gasteiger charge is 2.09. The quantitative estimate of drug-likeness (QED) is 0.886. The summed E-state index contributed by atoms with van der Waals surface area (Å²) in [4.78, 5) is 23.0. The van der Waals surface area contributed by atoms with Gasteiger partial charge in [-0.15, -0.1) is 0 Å². The number of carboxylic acids is 1. The first-order chi connectivity index (χ1) is 10.1. The van der Waals surface area contributed by atoms with Crippen molar-refractivity contribution in [2.75, 3.05) is 6.54 Å². The maximum atomic E-state index is 11.9. The Kier molecular flexibility index (Phi) is 4.72. The molecule has 0 aliphatic heterocycles. The Morgan fingerprint density at radius 2 is 1.71 bits per heavy atom. The van der Waals surface area contributed by atoms with Crippen LogP contribution < -0.4 is 5.32 Å². The van der Waals surface area contributed by atoms with E-state index >= 15 is 0 Å². The average molecular weight is 283 g/mol. The molecule has 4 heteroatoms. The van der Waals surface area contributed by atoms with Crippen molar-refractivity contribution in [3.05, 3.63) is 70.8 Å². The van der Waals surface area contributed by atoms with Gasteiger partial charge in [-0.2, -0.15) is 0 Å². The second-order valence-electron chi connectivity index (χ2n) is 4.83. The van der Waals surface area contributed by atoms with Gasteiger partial charge in [-0.3, -0.25) is 4.79 Å². The third-order valence-electron chi connectivity index (χ3n) is 3.24. The van der Waals surface area contributed by atoms with Gasteiger partial charge < -0.3 is 10.4 Å². The Hall–Kier alpha value is -2.62. The van der Waals surface area contributed by atoms with Crippen LogP contribution in [0.15, 0.2) is 48.5 Å². The molecule has 0 aromatic heterocycles. The van der Waals surface area contributed by atoms with Gasteiger partial charge in [0.25, 0.3) is 5.91 Å². The summed E-state index contributed by atoms with van der Waals surface area (Å²) in [6, 6.07) is 14.1. The van der Waals surface area contributed by atoms with Crippen molar-refractivity contribution in [3.8, 4) is 0 Å². The fraction of sp³-hybridized carbons (Fsp3) is 0.176. The van der Waals surface area contributed by atoms with Crippen LogP contribution in [0.1, 0.15) is 31.8 Å². The van der Waals surface area contributed by atoms with Crippen molar-refractivity contribution < 1.29 is 14.7 Å². The summed E-state index contributed by atoms with van der Waals surface area (Å²) in [5.41, 5.74) is 2.70. The fourth-order valence-corrected chi connectivity index (χ4v) is 2.06. The lowest BCUT2D eigenvalue weighted by molar-refractivity contribution is 0.0695. The molecule has 0 fully saturated rings. The van der Waals surface area contributed by atoms with E-state index < -0.39 is 5.97 Å². The molecule has 0 aliphatic carbocycles. The summed E-state index contributed by atoms with van der Waals surface area (Å²) in [6.07, 6.45) is 0.486. The maximum Gasteiger partial charge on any atom is 0.335 e. The number of aryl methyl sites for hydroxylation is 1. The van der Waals surface area contributed by atoms with Crippen molar-refractivity contribution in [2.45, 2.75) is 13.3 Å². The van der Waals surface area contributed by atoms with Gasteiger partial charge in [0.15, 0.2) is 0 Å². The molecule has 2 N–H and O–H groups in total. The molecule has 2 aromatic rings. The molecule has 4 nitrogen and oxygen atoms in total. The Morgan fingerprint density at radius 3 is 2.38 bits per heavy atom. The summed E-state index contributed by atoms with van der Waals surface area (Å²) in [6.45, 7) is 2.36. The number of carbonyl (C=O) groups is 2. The van der Waals surface area contributed by atoms with Crippen LogP contribution in [0.3, 0.4) is 0 Å². The number of aromatic carboxylic acids is 1. The molecule has 0 aliphatic rings. The van der Waals surface area contributed by atoms with E-state index in [1.54, 1.807) is 36.4 Å². The smallest absolute Gasteiger partial charge is 0.335 e. The van der Waals surface area contributed by atoms with Crippen molar-refractivity contribution in [3.63, 3.8) is 0 Å². The van der Waals surface area contributed by atoms with Gasteiger partial charge in [-0.25, -0.2) is 4.79 Å². The van der Waals surface area contributed by atoms with Crippen molar-refractivity contribution in [1.82, 2.24) is 5.32 Å².